The maximum Gasteiger partial charge on any atom is 0.106 e. The number of aromatic nitrogens is 1. The molecular formula is C9H11BrN2. The molecular weight excluding hydrogens is 216 g/mol. The first-order chi connectivity index (χ1) is 5.83. The van der Waals surface area contributed by atoms with E-state index in [-0.39, 0.29) is 0 Å². The highest BCUT2D eigenvalue weighted by atomic mass is 79.9. The van der Waals surface area contributed by atoms with Crippen molar-refractivity contribution in [2.24, 2.45) is 0 Å². The van der Waals surface area contributed by atoms with Crippen LogP contribution in [0.3, 0.4) is 0 Å². The molecule has 0 aromatic carbocycles. The highest BCUT2D eigenvalue weighted by Crippen LogP contribution is 2.06. The summed E-state index contributed by atoms with van der Waals surface area (Å²) in [6, 6.07) is 5.85. The number of rotatable bonds is 3. The van der Waals surface area contributed by atoms with Crippen LogP contribution in [0.4, 0.5) is 0 Å². The van der Waals surface area contributed by atoms with Crippen molar-refractivity contribution in [3.8, 4) is 0 Å². The molecule has 1 aromatic heterocycles. The molecule has 0 aliphatic heterocycles. The Labute approximate surface area is 80.8 Å². The second-order valence-corrected chi connectivity index (χ2v) is 3.16. The predicted molar refractivity (Wildman–Crippen MR) is 54.9 cm³/mol. The molecule has 1 N–H and O–H groups in total. The van der Waals surface area contributed by atoms with E-state index in [4.69, 9.17) is 0 Å². The molecule has 1 rings (SSSR count). The molecule has 0 saturated carbocycles. The molecule has 12 heavy (non-hydrogen) atoms. The summed E-state index contributed by atoms with van der Waals surface area (Å²) in [5.74, 6) is 0. The van der Waals surface area contributed by atoms with E-state index in [0.29, 0.717) is 0 Å². The Morgan fingerprint density at radius 1 is 1.58 bits per heavy atom. The Balaban J connectivity index is 2.63. The van der Waals surface area contributed by atoms with E-state index < -0.39 is 0 Å². The molecule has 0 bridgehead atoms. The van der Waals surface area contributed by atoms with Crippen LogP contribution >= 0.6 is 15.9 Å². The molecule has 0 spiro atoms. The number of nitrogens with zero attached hydrogens (tertiary/aromatic N) is 1. The molecule has 0 aliphatic carbocycles. The van der Waals surface area contributed by atoms with Gasteiger partial charge in [-0.3, -0.25) is 0 Å². The zero-order valence-corrected chi connectivity index (χ0v) is 8.51. The number of halogens is 1. The summed E-state index contributed by atoms with van der Waals surface area (Å²) in [7, 11) is 1.92. The second-order valence-electron chi connectivity index (χ2n) is 2.35. The summed E-state index contributed by atoms with van der Waals surface area (Å²) in [6.45, 7) is 0.869. The SMILES string of the molecule is CNCC=Cc1cccc(Br)n1. The second kappa shape index (κ2) is 5.06. The summed E-state index contributed by atoms with van der Waals surface area (Å²) < 4.78 is 0.870. The van der Waals surface area contributed by atoms with Gasteiger partial charge >= 0.3 is 0 Å². The molecule has 0 amide bonds. The molecule has 3 heteroatoms. The van der Waals surface area contributed by atoms with Crippen LogP contribution in [0.2, 0.25) is 0 Å². The van der Waals surface area contributed by atoms with Gasteiger partial charge in [0.05, 0.1) is 5.69 Å². The monoisotopic (exact) mass is 226 g/mol. The van der Waals surface area contributed by atoms with Crippen molar-refractivity contribution >= 4 is 22.0 Å². The highest BCUT2D eigenvalue weighted by molar-refractivity contribution is 9.10. The van der Waals surface area contributed by atoms with Crippen LogP contribution in [0, 0.1) is 0 Å². The number of hydrogen-bond acceptors (Lipinski definition) is 2. The first-order valence-corrected chi connectivity index (χ1v) is 4.56. The van der Waals surface area contributed by atoms with Gasteiger partial charge in [-0.1, -0.05) is 12.1 Å². The van der Waals surface area contributed by atoms with Crippen molar-refractivity contribution < 1.29 is 0 Å². The summed E-state index contributed by atoms with van der Waals surface area (Å²) in [5, 5.41) is 3.03. The van der Waals surface area contributed by atoms with E-state index in [0.717, 1.165) is 16.8 Å². The van der Waals surface area contributed by atoms with Crippen LogP contribution in [-0.4, -0.2) is 18.6 Å². The Kier molecular flexibility index (Phi) is 3.97. The maximum absolute atomic E-state index is 4.25. The molecule has 2 nitrogen and oxygen atoms in total. The predicted octanol–water partition coefficient (Wildman–Crippen LogP) is 2.08. The topological polar surface area (TPSA) is 24.9 Å². The Morgan fingerprint density at radius 2 is 2.42 bits per heavy atom. The standard InChI is InChI=1S/C9H11BrN2/c1-11-7-3-5-8-4-2-6-9(10)12-8/h2-6,11H,7H2,1H3. The minimum atomic E-state index is 0.869. The normalized spacial score (nSPS) is 10.8. The fourth-order valence-electron chi connectivity index (χ4n) is 0.814. The summed E-state index contributed by atoms with van der Waals surface area (Å²) in [6.07, 6.45) is 4.02. The minimum absolute atomic E-state index is 0.869. The first-order valence-electron chi connectivity index (χ1n) is 3.76. The molecule has 0 aliphatic rings. The van der Waals surface area contributed by atoms with Gasteiger partial charge < -0.3 is 5.32 Å². The quantitative estimate of drug-likeness (QED) is 0.799. The van der Waals surface area contributed by atoms with E-state index in [2.05, 4.69) is 26.2 Å². The smallest absolute Gasteiger partial charge is 0.106 e. The van der Waals surface area contributed by atoms with Gasteiger partial charge in [0.25, 0.3) is 0 Å². The zero-order valence-electron chi connectivity index (χ0n) is 6.92. The van der Waals surface area contributed by atoms with Crippen LogP contribution in [-0.2, 0) is 0 Å². The summed E-state index contributed by atoms with van der Waals surface area (Å²) >= 11 is 3.31. The molecule has 0 fully saturated rings. The van der Waals surface area contributed by atoms with E-state index in [1.807, 2.05) is 37.4 Å². The third-order valence-corrected chi connectivity index (χ3v) is 1.79. The van der Waals surface area contributed by atoms with Gasteiger partial charge in [0.1, 0.15) is 4.60 Å². The van der Waals surface area contributed by atoms with Gasteiger partial charge in [0, 0.05) is 6.54 Å². The number of hydrogen-bond donors (Lipinski definition) is 1. The lowest BCUT2D eigenvalue weighted by Gasteiger charge is -1.93. The number of nitrogens with one attached hydrogen (secondary N) is 1. The zero-order chi connectivity index (χ0) is 8.81. The fourth-order valence-corrected chi connectivity index (χ4v) is 1.17. The van der Waals surface area contributed by atoms with Crippen LogP contribution in [0.15, 0.2) is 28.9 Å². The lowest BCUT2D eigenvalue weighted by molar-refractivity contribution is 0.922. The first kappa shape index (κ1) is 9.42. The molecule has 0 atom stereocenters. The molecule has 64 valence electrons. The Hall–Kier alpha value is -0.670. The maximum atomic E-state index is 4.25. The van der Waals surface area contributed by atoms with Crippen molar-refractivity contribution in [1.82, 2.24) is 10.3 Å². The van der Waals surface area contributed by atoms with Crippen LogP contribution < -0.4 is 5.32 Å². The van der Waals surface area contributed by atoms with Crippen LogP contribution in [0.5, 0.6) is 0 Å². The van der Waals surface area contributed by atoms with E-state index in [9.17, 15) is 0 Å². The van der Waals surface area contributed by atoms with E-state index in [1.165, 1.54) is 0 Å². The summed E-state index contributed by atoms with van der Waals surface area (Å²) in [4.78, 5) is 4.25. The van der Waals surface area contributed by atoms with Crippen molar-refractivity contribution in [2.75, 3.05) is 13.6 Å². The third-order valence-electron chi connectivity index (χ3n) is 1.35. The molecule has 0 saturated heterocycles. The van der Waals surface area contributed by atoms with Gasteiger partial charge in [-0.05, 0) is 41.2 Å². The highest BCUT2D eigenvalue weighted by Gasteiger charge is 1.88. The average Bonchev–Trinajstić information content (AvgIpc) is 2.05. The van der Waals surface area contributed by atoms with Crippen LogP contribution in [0.1, 0.15) is 5.69 Å². The van der Waals surface area contributed by atoms with Crippen molar-refractivity contribution in [3.63, 3.8) is 0 Å². The number of pyridine rings is 1. The van der Waals surface area contributed by atoms with Crippen molar-refractivity contribution in [2.45, 2.75) is 0 Å². The van der Waals surface area contributed by atoms with Crippen molar-refractivity contribution in [1.29, 1.82) is 0 Å². The van der Waals surface area contributed by atoms with E-state index in [1.54, 1.807) is 0 Å². The fraction of sp³-hybridized carbons (Fsp3) is 0.222. The Morgan fingerprint density at radius 3 is 3.08 bits per heavy atom. The van der Waals surface area contributed by atoms with Gasteiger partial charge in [-0.25, -0.2) is 4.98 Å². The van der Waals surface area contributed by atoms with E-state index >= 15 is 0 Å². The molecule has 1 heterocycles. The third kappa shape index (κ3) is 3.15. The minimum Gasteiger partial charge on any atom is -0.316 e. The van der Waals surface area contributed by atoms with Gasteiger partial charge in [0.15, 0.2) is 0 Å². The number of likely N-dealkylation sites (N-methyl/N-ethyl adjacent to an activating group) is 1. The summed E-state index contributed by atoms with van der Waals surface area (Å²) in [5.41, 5.74) is 0.972. The largest absolute Gasteiger partial charge is 0.316 e. The molecule has 1 aromatic rings. The van der Waals surface area contributed by atoms with Crippen molar-refractivity contribution in [3.05, 3.63) is 34.6 Å². The average molecular weight is 227 g/mol. The lowest BCUT2D eigenvalue weighted by atomic mass is 10.3. The lowest BCUT2D eigenvalue weighted by Crippen LogP contribution is -2.03. The molecule has 0 radical (unpaired) electrons. The molecule has 0 unspecified atom stereocenters. The van der Waals surface area contributed by atoms with Gasteiger partial charge in [-0.2, -0.15) is 0 Å². The van der Waals surface area contributed by atoms with Gasteiger partial charge in [-0.15, -0.1) is 0 Å². The van der Waals surface area contributed by atoms with Crippen LogP contribution in [0.25, 0.3) is 6.08 Å². The Bertz CT molecular complexity index is 271. The van der Waals surface area contributed by atoms with Gasteiger partial charge in [0.2, 0.25) is 0 Å².